The summed E-state index contributed by atoms with van der Waals surface area (Å²) in [5, 5.41) is 0. The van der Waals surface area contributed by atoms with Crippen molar-refractivity contribution in [2.45, 2.75) is 19.8 Å². The average Bonchev–Trinajstić information content (AvgIpc) is 2.61. The smallest absolute Gasteiger partial charge is 0.253 e. The lowest BCUT2D eigenvalue weighted by molar-refractivity contribution is 0.0637. The number of likely N-dealkylation sites (tertiary alicyclic amines) is 1. The highest BCUT2D eigenvalue weighted by Crippen LogP contribution is 2.22. The first kappa shape index (κ1) is 15.5. The van der Waals surface area contributed by atoms with Crippen LogP contribution < -0.4 is 0 Å². The fourth-order valence-electron chi connectivity index (χ4n) is 3.17. The lowest BCUT2D eigenvalue weighted by atomic mass is 9.89. The van der Waals surface area contributed by atoms with E-state index < -0.39 is 0 Å². The van der Waals surface area contributed by atoms with E-state index in [4.69, 9.17) is 0 Å². The molecule has 1 amide bonds. The molecule has 1 aliphatic rings. The molecule has 2 aromatic carbocycles. The SMILES string of the molecule is Cc1cccc(C(=O)C2CCCN(C(=O)c3ccccc3)C2)c1. The van der Waals surface area contributed by atoms with E-state index >= 15 is 0 Å². The molecule has 1 atom stereocenters. The third-order valence-corrected chi connectivity index (χ3v) is 4.40. The normalized spacial score (nSPS) is 17.8. The molecule has 2 aromatic rings. The minimum atomic E-state index is -0.0989. The zero-order valence-electron chi connectivity index (χ0n) is 13.4. The number of carbonyl (C=O) groups excluding carboxylic acids is 2. The van der Waals surface area contributed by atoms with Crippen LogP contribution in [0.25, 0.3) is 0 Å². The fourth-order valence-corrected chi connectivity index (χ4v) is 3.17. The Kier molecular flexibility index (Phi) is 4.56. The molecule has 23 heavy (non-hydrogen) atoms. The van der Waals surface area contributed by atoms with E-state index in [-0.39, 0.29) is 17.6 Å². The topological polar surface area (TPSA) is 37.4 Å². The molecule has 0 spiro atoms. The molecule has 1 fully saturated rings. The summed E-state index contributed by atoms with van der Waals surface area (Å²) in [6, 6.07) is 17.0. The molecule has 1 saturated heterocycles. The monoisotopic (exact) mass is 307 g/mol. The van der Waals surface area contributed by atoms with Gasteiger partial charge in [0.15, 0.2) is 5.78 Å². The molecule has 0 saturated carbocycles. The second kappa shape index (κ2) is 6.78. The van der Waals surface area contributed by atoms with E-state index in [1.165, 1.54) is 0 Å². The van der Waals surface area contributed by atoms with Gasteiger partial charge >= 0.3 is 0 Å². The number of aryl methyl sites for hydroxylation is 1. The Balaban J connectivity index is 1.73. The van der Waals surface area contributed by atoms with E-state index in [9.17, 15) is 9.59 Å². The first-order chi connectivity index (χ1) is 11.1. The molecule has 3 nitrogen and oxygen atoms in total. The first-order valence-electron chi connectivity index (χ1n) is 8.10. The summed E-state index contributed by atoms with van der Waals surface area (Å²) in [5.74, 6) is 0.0739. The van der Waals surface area contributed by atoms with Crippen LogP contribution in [-0.4, -0.2) is 29.7 Å². The summed E-state index contributed by atoms with van der Waals surface area (Å²) in [5.41, 5.74) is 2.53. The van der Waals surface area contributed by atoms with E-state index in [1.54, 1.807) is 0 Å². The molecule has 0 aromatic heterocycles. The maximum atomic E-state index is 12.7. The van der Waals surface area contributed by atoms with Gasteiger partial charge in [0.05, 0.1) is 0 Å². The number of ketones is 1. The lowest BCUT2D eigenvalue weighted by Gasteiger charge is -2.32. The van der Waals surface area contributed by atoms with Gasteiger partial charge in [-0.3, -0.25) is 9.59 Å². The fraction of sp³-hybridized carbons (Fsp3) is 0.300. The predicted molar refractivity (Wildman–Crippen MR) is 90.6 cm³/mol. The number of benzene rings is 2. The van der Waals surface area contributed by atoms with Crippen LogP contribution in [0.15, 0.2) is 54.6 Å². The maximum Gasteiger partial charge on any atom is 0.253 e. The molecule has 0 radical (unpaired) electrons. The minimum Gasteiger partial charge on any atom is -0.338 e. The summed E-state index contributed by atoms with van der Waals surface area (Å²) in [4.78, 5) is 27.1. The van der Waals surface area contributed by atoms with E-state index in [2.05, 4.69) is 0 Å². The van der Waals surface area contributed by atoms with Crippen LogP contribution in [-0.2, 0) is 0 Å². The molecule has 3 heteroatoms. The second-order valence-corrected chi connectivity index (χ2v) is 6.19. The van der Waals surface area contributed by atoms with Crippen molar-refractivity contribution in [3.8, 4) is 0 Å². The summed E-state index contributed by atoms with van der Waals surface area (Å²) >= 11 is 0. The van der Waals surface area contributed by atoms with Gasteiger partial charge in [-0.2, -0.15) is 0 Å². The Labute approximate surface area is 136 Å². The van der Waals surface area contributed by atoms with Gasteiger partial charge in [-0.15, -0.1) is 0 Å². The number of rotatable bonds is 3. The Morgan fingerprint density at radius 3 is 2.48 bits per heavy atom. The zero-order chi connectivity index (χ0) is 16.2. The molecule has 1 aliphatic heterocycles. The molecule has 3 rings (SSSR count). The highest BCUT2D eigenvalue weighted by Gasteiger charge is 2.29. The van der Waals surface area contributed by atoms with Gasteiger partial charge in [0.25, 0.3) is 5.91 Å². The van der Waals surface area contributed by atoms with Crippen LogP contribution in [0.2, 0.25) is 0 Å². The van der Waals surface area contributed by atoms with Crippen LogP contribution in [0.4, 0.5) is 0 Å². The highest BCUT2D eigenvalue weighted by atomic mass is 16.2. The molecule has 118 valence electrons. The quantitative estimate of drug-likeness (QED) is 0.810. The van der Waals surface area contributed by atoms with Gasteiger partial charge in [0.1, 0.15) is 0 Å². The Hall–Kier alpha value is -2.42. The molecular weight excluding hydrogens is 286 g/mol. The third-order valence-electron chi connectivity index (χ3n) is 4.40. The van der Waals surface area contributed by atoms with Crippen molar-refractivity contribution in [3.05, 3.63) is 71.3 Å². The van der Waals surface area contributed by atoms with E-state index in [0.29, 0.717) is 12.1 Å². The molecule has 0 N–H and O–H groups in total. The summed E-state index contributed by atoms with van der Waals surface area (Å²) in [6.07, 6.45) is 1.73. The van der Waals surface area contributed by atoms with Crippen LogP contribution in [0, 0.1) is 12.8 Å². The van der Waals surface area contributed by atoms with Gasteiger partial charge in [-0.1, -0.05) is 42.0 Å². The van der Waals surface area contributed by atoms with Crippen molar-refractivity contribution in [3.63, 3.8) is 0 Å². The van der Waals surface area contributed by atoms with Crippen molar-refractivity contribution in [2.24, 2.45) is 5.92 Å². The second-order valence-electron chi connectivity index (χ2n) is 6.19. The molecule has 0 aliphatic carbocycles. The van der Waals surface area contributed by atoms with Crippen molar-refractivity contribution >= 4 is 11.7 Å². The van der Waals surface area contributed by atoms with E-state index in [0.717, 1.165) is 30.5 Å². The number of hydrogen-bond acceptors (Lipinski definition) is 2. The molecule has 1 unspecified atom stereocenters. The zero-order valence-corrected chi connectivity index (χ0v) is 13.4. The largest absolute Gasteiger partial charge is 0.338 e. The standard InChI is InChI=1S/C20H21NO2/c1-15-7-5-10-17(13-15)19(22)18-11-6-12-21(14-18)20(23)16-8-3-2-4-9-16/h2-5,7-10,13,18H,6,11-12,14H2,1H3. The van der Waals surface area contributed by atoms with E-state index in [1.807, 2.05) is 66.4 Å². The van der Waals surface area contributed by atoms with Gasteiger partial charge in [0, 0.05) is 30.1 Å². The third kappa shape index (κ3) is 3.50. The van der Waals surface area contributed by atoms with Gasteiger partial charge in [-0.05, 0) is 38.0 Å². The predicted octanol–water partition coefficient (Wildman–Crippen LogP) is 3.73. The Morgan fingerprint density at radius 1 is 1.00 bits per heavy atom. The number of piperidine rings is 1. The lowest BCUT2D eigenvalue weighted by Crippen LogP contribution is -2.42. The Morgan fingerprint density at radius 2 is 1.74 bits per heavy atom. The van der Waals surface area contributed by atoms with Gasteiger partial charge in [-0.25, -0.2) is 0 Å². The van der Waals surface area contributed by atoms with Crippen molar-refractivity contribution in [2.75, 3.05) is 13.1 Å². The summed E-state index contributed by atoms with van der Waals surface area (Å²) < 4.78 is 0. The maximum absolute atomic E-state index is 12.7. The number of nitrogens with zero attached hydrogens (tertiary/aromatic N) is 1. The van der Waals surface area contributed by atoms with Crippen molar-refractivity contribution < 1.29 is 9.59 Å². The highest BCUT2D eigenvalue weighted by molar-refractivity contribution is 5.99. The Bertz CT molecular complexity index is 709. The first-order valence-corrected chi connectivity index (χ1v) is 8.10. The van der Waals surface area contributed by atoms with Crippen molar-refractivity contribution in [1.29, 1.82) is 0 Å². The van der Waals surface area contributed by atoms with Crippen LogP contribution >= 0.6 is 0 Å². The van der Waals surface area contributed by atoms with Crippen molar-refractivity contribution in [1.82, 2.24) is 4.90 Å². The number of hydrogen-bond donors (Lipinski definition) is 0. The molecular formula is C20H21NO2. The van der Waals surface area contributed by atoms with Gasteiger partial charge < -0.3 is 4.90 Å². The number of carbonyl (C=O) groups is 2. The summed E-state index contributed by atoms with van der Waals surface area (Å²) in [6.45, 7) is 3.23. The summed E-state index contributed by atoms with van der Waals surface area (Å²) in [7, 11) is 0. The van der Waals surface area contributed by atoms with Gasteiger partial charge in [0.2, 0.25) is 0 Å². The van der Waals surface area contributed by atoms with Crippen LogP contribution in [0.3, 0.4) is 0 Å². The van der Waals surface area contributed by atoms with Crippen LogP contribution in [0.5, 0.6) is 0 Å². The molecule has 0 bridgehead atoms. The number of amides is 1. The minimum absolute atomic E-state index is 0.0207. The van der Waals surface area contributed by atoms with Crippen LogP contribution in [0.1, 0.15) is 39.1 Å². The number of Topliss-reactive ketones (excluding diaryl/α,β-unsaturated/α-hetero) is 1. The average molecular weight is 307 g/mol. The molecule has 1 heterocycles.